The van der Waals surface area contributed by atoms with Crippen molar-refractivity contribution in [2.24, 2.45) is 0 Å². The smallest absolute Gasteiger partial charge is 0.123 e. The molecular formula is C18H19ClFN3. The Labute approximate surface area is 140 Å². The second kappa shape index (κ2) is 10.1. The molecule has 0 atom stereocenters. The Morgan fingerprint density at radius 2 is 0.957 bits per heavy atom. The minimum absolute atomic E-state index is 0.251. The molecule has 0 aliphatic rings. The van der Waals surface area contributed by atoms with Crippen LogP contribution in [-0.4, -0.2) is 0 Å². The van der Waals surface area contributed by atoms with E-state index >= 15 is 0 Å². The highest BCUT2D eigenvalue weighted by Gasteiger charge is 1.84. The number of rotatable bonds is 0. The average molecular weight is 332 g/mol. The van der Waals surface area contributed by atoms with Gasteiger partial charge in [0.15, 0.2) is 0 Å². The number of nitrogens with two attached hydrogens (primary N) is 3. The largest absolute Gasteiger partial charge is 0.399 e. The molecule has 0 bridgehead atoms. The molecule has 0 heterocycles. The number of hydrogen-bond donors (Lipinski definition) is 3. The summed E-state index contributed by atoms with van der Waals surface area (Å²) in [4.78, 5) is 0. The van der Waals surface area contributed by atoms with E-state index in [9.17, 15) is 4.39 Å². The van der Waals surface area contributed by atoms with Crippen LogP contribution < -0.4 is 17.2 Å². The van der Waals surface area contributed by atoms with Crippen LogP contribution in [0.2, 0.25) is 5.02 Å². The van der Waals surface area contributed by atoms with E-state index in [0.29, 0.717) is 5.69 Å². The molecule has 0 aromatic heterocycles. The van der Waals surface area contributed by atoms with Gasteiger partial charge in [0.05, 0.1) is 0 Å². The number of nitrogen functional groups attached to an aromatic ring is 3. The van der Waals surface area contributed by atoms with Crippen LogP contribution in [0.5, 0.6) is 0 Å². The Balaban J connectivity index is 0.000000173. The molecule has 23 heavy (non-hydrogen) atoms. The topological polar surface area (TPSA) is 78.1 Å². The summed E-state index contributed by atoms with van der Waals surface area (Å²) in [6, 6.07) is 22.2. The summed E-state index contributed by atoms with van der Waals surface area (Å²) in [5, 5.41) is 0.721. The summed E-state index contributed by atoms with van der Waals surface area (Å²) >= 11 is 5.56. The third-order valence-corrected chi connectivity index (χ3v) is 2.79. The maximum Gasteiger partial charge on any atom is 0.123 e. The quantitative estimate of drug-likeness (QED) is 0.527. The lowest BCUT2D eigenvalue weighted by Crippen LogP contribution is -1.82. The zero-order valence-electron chi connectivity index (χ0n) is 12.5. The summed E-state index contributed by atoms with van der Waals surface area (Å²) in [6.45, 7) is 0. The van der Waals surface area contributed by atoms with Crippen LogP contribution in [-0.2, 0) is 0 Å². The fourth-order valence-corrected chi connectivity index (χ4v) is 1.50. The monoisotopic (exact) mass is 331 g/mol. The molecule has 6 N–H and O–H groups in total. The summed E-state index contributed by atoms with van der Waals surface area (Å²) in [5.41, 5.74) is 18.1. The Hall–Kier alpha value is -2.72. The standard InChI is InChI=1S/C6H6ClN.C6H6FN.C6H7N/c2*7-5-1-3-6(8)4-2-5;7-6-4-2-1-3-5-6/h2*1-4H,8H2;1-5H,7H2. The first-order valence-electron chi connectivity index (χ1n) is 6.80. The zero-order chi connectivity index (χ0) is 17.1. The van der Waals surface area contributed by atoms with Crippen molar-refractivity contribution in [3.8, 4) is 0 Å². The fourth-order valence-electron chi connectivity index (χ4n) is 1.38. The second-order valence-electron chi connectivity index (χ2n) is 4.51. The number of halogens is 2. The van der Waals surface area contributed by atoms with Crippen LogP contribution in [0.15, 0.2) is 78.9 Å². The predicted molar refractivity (Wildman–Crippen MR) is 97.5 cm³/mol. The zero-order valence-corrected chi connectivity index (χ0v) is 13.2. The Kier molecular flexibility index (Phi) is 8.03. The first-order valence-corrected chi connectivity index (χ1v) is 7.18. The highest BCUT2D eigenvalue weighted by molar-refractivity contribution is 6.30. The van der Waals surface area contributed by atoms with Gasteiger partial charge in [0.2, 0.25) is 0 Å². The van der Waals surface area contributed by atoms with Crippen LogP contribution in [0, 0.1) is 5.82 Å². The van der Waals surface area contributed by atoms with Gasteiger partial charge in [-0.15, -0.1) is 0 Å². The van der Waals surface area contributed by atoms with Crippen molar-refractivity contribution in [3.63, 3.8) is 0 Å². The maximum absolute atomic E-state index is 12.0. The molecular weight excluding hydrogens is 313 g/mol. The van der Waals surface area contributed by atoms with Gasteiger partial charge < -0.3 is 17.2 Å². The van der Waals surface area contributed by atoms with E-state index < -0.39 is 0 Å². The lowest BCUT2D eigenvalue weighted by atomic mass is 10.3. The van der Waals surface area contributed by atoms with Gasteiger partial charge in [0, 0.05) is 22.1 Å². The van der Waals surface area contributed by atoms with Crippen LogP contribution in [0.3, 0.4) is 0 Å². The Morgan fingerprint density at radius 3 is 1.26 bits per heavy atom. The van der Waals surface area contributed by atoms with E-state index in [4.69, 9.17) is 28.8 Å². The second-order valence-corrected chi connectivity index (χ2v) is 4.95. The van der Waals surface area contributed by atoms with Crippen LogP contribution in [0.1, 0.15) is 0 Å². The minimum Gasteiger partial charge on any atom is -0.399 e. The molecule has 3 nitrogen and oxygen atoms in total. The fraction of sp³-hybridized carbons (Fsp3) is 0. The normalized spacial score (nSPS) is 8.96. The van der Waals surface area contributed by atoms with Gasteiger partial charge in [-0.25, -0.2) is 4.39 Å². The molecule has 3 aromatic rings. The van der Waals surface area contributed by atoms with Gasteiger partial charge in [-0.2, -0.15) is 0 Å². The Bertz CT molecular complexity index is 585. The van der Waals surface area contributed by atoms with E-state index in [1.165, 1.54) is 24.3 Å². The van der Waals surface area contributed by atoms with E-state index in [2.05, 4.69) is 0 Å². The van der Waals surface area contributed by atoms with Crippen molar-refractivity contribution in [2.45, 2.75) is 0 Å². The molecule has 0 saturated carbocycles. The first-order chi connectivity index (χ1) is 11.0. The number of para-hydroxylation sites is 1. The van der Waals surface area contributed by atoms with Crippen LogP contribution >= 0.6 is 11.6 Å². The van der Waals surface area contributed by atoms with Gasteiger partial charge in [0.1, 0.15) is 5.82 Å². The molecule has 120 valence electrons. The van der Waals surface area contributed by atoms with Crippen LogP contribution in [0.25, 0.3) is 0 Å². The number of hydrogen-bond acceptors (Lipinski definition) is 3. The molecule has 0 aliphatic heterocycles. The molecule has 0 spiro atoms. The predicted octanol–water partition coefficient (Wildman–Crippen LogP) is 4.60. The summed E-state index contributed by atoms with van der Waals surface area (Å²) < 4.78 is 12.0. The molecule has 0 amide bonds. The third kappa shape index (κ3) is 9.01. The molecule has 0 fully saturated rings. The Morgan fingerprint density at radius 1 is 0.565 bits per heavy atom. The molecule has 0 aliphatic carbocycles. The van der Waals surface area contributed by atoms with Crippen molar-refractivity contribution in [1.29, 1.82) is 0 Å². The van der Waals surface area contributed by atoms with E-state index in [0.717, 1.165) is 16.4 Å². The molecule has 0 saturated heterocycles. The SMILES string of the molecule is Nc1ccc(Cl)cc1.Nc1ccc(F)cc1.Nc1ccccc1. The maximum atomic E-state index is 12.0. The summed E-state index contributed by atoms with van der Waals surface area (Å²) in [7, 11) is 0. The first kappa shape index (κ1) is 18.3. The van der Waals surface area contributed by atoms with E-state index in [1.54, 1.807) is 24.3 Å². The van der Waals surface area contributed by atoms with Gasteiger partial charge in [0.25, 0.3) is 0 Å². The van der Waals surface area contributed by atoms with Gasteiger partial charge in [-0.3, -0.25) is 0 Å². The minimum atomic E-state index is -0.251. The number of anilines is 3. The van der Waals surface area contributed by atoms with Crippen molar-refractivity contribution >= 4 is 28.7 Å². The van der Waals surface area contributed by atoms with Crippen LogP contribution in [0.4, 0.5) is 21.5 Å². The van der Waals surface area contributed by atoms with Crippen molar-refractivity contribution in [3.05, 3.63) is 89.7 Å². The van der Waals surface area contributed by atoms with Crippen molar-refractivity contribution in [2.75, 3.05) is 17.2 Å². The van der Waals surface area contributed by atoms with E-state index in [1.807, 2.05) is 30.3 Å². The van der Waals surface area contributed by atoms with Gasteiger partial charge in [-0.05, 0) is 60.7 Å². The summed E-state index contributed by atoms with van der Waals surface area (Å²) in [6.07, 6.45) is 0. The lowest BCUT2D eigenvalue weighted by Gasteiger charge is -1.88. The number of benzene rings is 3. The molecule has 3 rings (SSSR count). The highest BCUT2D eigenvalue weighted by Crippen LogP contribution is 2.09. The van der Waals surface area contributed by atoms with Crippen molar-refractivity contribution < 1.29 is 4.39 Å². The van der Waals surface area contributed by atoms with Gasteiger partial charge >= 0.3 is 0 Å². The summed E-state index contributed by atoms with van der Waals surface area (Å²) in [5.74, 6) is -0.251. The molecule has 0 radical (unpaired) electrons. The molecule has 5 heteroatoms. The third-order valence-electron chi connectivity index (χ3n) is 2.54. The molecule has 0 unspecified atom stereocenters. The lowest BCUT2D eigenvalue weighted by molar-refractivity contribution is 0.628. The highest BCUT2D eigenvalue weighted by atomic mass is 35.5. The van der Waals surface area contributed by atoms with Crippen molar-refractivity contribution in [1.82, 2.24) is 0 Å². The van der Waals surface area contributed by atoms with E-state index in [-0.39, 0.29) is 5.82 Å². The molecule has 3 aromatic carbocycles. The van der Waals surface area contributed by atoms with Gasteiger partial charge in [-0.1, -0.05) is 29.8 Å². The average Bonchev–Trinajstić information content (AvgIpc) is 2.55.